The quantitative estimate of drug-likeness (QED) is 0.583. The number of alkyl halides is 3. The molecule has 0 bridgehead atoms. The van der Waals surface area contributed by atoms with Crippen LogP contribution in [0.4, 0.5) is 13.2 Å². The molecule has 0 N–H and O–H groups in total. The van der Waals surface area contributed by atoms with Crippen LogP contribution in [0.2, 0.25) is 0 Å². The van der Waals surface area contributed by atoms with E-state index in [4.69, 9.17) is 4.74 Å². The van der Waals surface area contributed by atoms with Crippen molar-refractivity contribution in [3.8, 4) is 11.8 Å². The molecule has 1 atom stereocenters. The highest BCUT2D eigenvalue weighted by molar-refractivity contribution is 9.10. The van der Waals surface area contributed by atoms with Crippen molar-refractivity contribution < 1.29 is 22.7 Å². The van der Waals surface area contributed by atoms with Crippen LogP contribution in [0.1, 0.15) is 51.0 Å². The lowest BCUT2D eigenvalue weighted by atomic mass is 9.73. The Kier molecular flexibility index (Phi) is 6.62. The highest BCUT2D eigenvalue weighted by Crippen LogP contribution is 2.37. The maximum absolute atomic E-state index is 12.5. The van der Waals surface area contributed by atoms with Crippen LogP contribution < -0.4 is 4.74 Å². The molecule has 1 aromatic rings. The topological polar surface area (TPSA) is 63.0 Å². The molecule has 0 aliphatic rings. The number of hydrogen-bond donors (Lipinski definition) is 0. The van der Waals surface area contributed by atoms with E-state index in [0.29, 0.717) is 6.42 Å². The van der Waals surface area contributed by atoms with Gasteiger partial charge in [-0.05, 0) is 34.7 Å². The van der Waals surface area contributed by atoms with E-state index in [1.54, 1.807) is 6.92 Å². The van der Waals surface area contributed by atoms with Crippen LogP contribution in [0.3, 0.4) is 0 Å². The summed E-state index contributed by atoms with van der Waals surface area (Å²) in [7, 11) is 0. The normalized spacial score (nSPS) is 14.5. The smallest absolute Gasteiger partial charge is 0.422 e. The molecule has 1 unspecified atom stereocenters. The summed E-state index contributed by atoms with van der Waals surface area (Å²) in [5, 5.41) is 9.44. The molecule has 0 aliphatic carbocycles. The first-order valence-corrected chi connectivity index (χ1v) is 8.34. The second kappa shape index (κ2) is 7.73. The summed E-state index contributed by atoms with van der Waals surface area (Å²) in [6.07, 6.45) is -2.85. The van der Waals surface area contributed by atoms with E-state index in [1.807, 2.05) is 20.8 Å². The number of carbonyl (C=O) groups is 1. The van der Waals surface area contributed by atoms with Gasteiger partial charge in [0.15, 0.2) is 12.4 Å². The number of aromatic nitrogens is 1. The average molecular weight is 421 g/mol. The van der Waals surface area contributed by atoms with Gasteiger partial charge in [0.25, 0.3) is 0 Å². The van der Waals surface area contributed by atoms with Gasteiger partial charge in [-0.2, -0.15) is 18.4 Å². The number of nitriles is 1. The second-order valence-electron chi connectivity index (χ2n) is 7.41. The van der Waals surface area contributed by atoms with Crippen molar-refractivity contribution in [1.29, 1.82) is 5.26 Å². The maximum Gasteiger partial charge on any atom is 0.422 e. The Morgan fingerprint density at radius 1 is 1.32 bits per heavy atom. The van der Waals surface area contributed by atoms with Crippen molar-refractivity contribution in [3.05, 3.63) is 22.4 Å². The molecule has 0 spiro atoms. The highest BCUT2D eigenvalue weighted by Gasteiger charge is 2.33. The third-order valence-corrected chi connectivity index (χ3v) is 3.83. The van der Waals surface area contributed by atoms with Crippen LogP contribution in [0.5, 0.6) is 5.75 Å². The minimum atomic E-state index is -4.49. The molecule has 25 heavy (non-hydrogen) atoms. The van der Waals surface area contributed by atoms with Crippen molar-refractivity contribution in [1.82, 2.24) is 4.98 Å². The molecule has 0 fully saturated rings. The molecule has 8 heteroatoms. The lowest BCUT2D eigenvalue weighted by molar-refractivity contribution is -0.153. The number of halogens is 4. The first-order chi connectivity index (χ1) is 11.2. The monoisotopic (exact) mass is 420 g/mol. The number of ether oxygens (including phenoxy) is 1. The fraction of sp³-hybridized carbons (Fsp3) is 0.588. The van der Waals surface area contributed by atoms with E-state index in [2.05, 4.69) is 27.0 Å². The lowest BCUT2D eigenvalue weighted by Gasteiger charge is -2.29. The summed E-state index contributed by atoms with van der Waals surface area (Å²) in [5.41, 5.74) is -1.08. The Balaban J connectivity index is 2.97. The number of carbonyl (C=O) groups excluding carboxylic acids is 1. The fourth-order valence-corrected chi connectivity index (χ4v) is 2.93. The van der Waals surface area contributed by atoms with Crippen LogP contribution in [0.25, 0.3) is 0 Å². The second-order valence-corrected chi connectivity index (χ2v) is 8.27. The predicted octanol–water partition coefficient (Wildman–Crippen LogP) is 5.32. The van der Waals surface area contributed by atoms with Gasteiger partial charge in [0, 0.05) is 18.7 Å². The molecular weight excluding hydrogens is 401 g/mol. The van der Waals surface area contributed by atoms with Crippen LogP contribution in [-0.2, 0) is 0 Å². The molecule has 1 rings (SSSR count). The van der Waals surface area contributed by atoms with E-state index in [0.717, 1.165) is 6.07 Å². The fourth-order valence-electron chi connectivity index (χ4n) is 2.60. The third-order valence-electron chi connectivity index (χ3n) is 3.24. The lowest BCUT2D eigenvalue weighted by Crippen LogP contribution is -2.26. The zero-order valence-corrected chi connectivity index (χ0v) is 16.1. The molecule has 0 aromatic carbocycles. The van der Waals surface area contributed by atoms with E-state index < -0.39 is 24.0 Å². The summed E-state index contributed by atoms with van der Waals surface area (Å²) in [6, 6.07) is 3.33. The Hall–Kier alpha value is -1.62. The van der Waals surface area contributed by atoms with Gasteiger partial charge in [0.1, 0.15) is 11.4 Å². The summed E-state index contributed by atoms with van der Waals surface area (Å²) < 4.78 is 41.8. The molecule has 0 saturated heterocycles. The van der Waals surface area contributed by atoms with Crippen LogP contribution in [0.15, 0.2) is 16.7 Å². The standard InChI is InChI=1S/C17H20BrF3N2O2/c1-15(2,3)8-16(4,9-22)6-13(24)12-5-14(11(18)7-23-12)25-10-17(19,20)21/h5,7H,6,8,10H2,1-4H3. The number of rotatable bonds is 6. The van der Waals surface area contributed by atoms with E-state index >= 15 is 0 Å². The molecule has 1 aromatic heterocycles. The van der Waals surface area contributed by atoms with Gasteiger partial charge in [0.2, 0.25) is 0 Å². The third kappa shape index (κ3) is 7.43. The summed E-state index contributed by atoms with van der Waals surface area (Å²) in [6.45, 7) is 6.12. The Morgan fingerprint density at radius 3 is 2.40 bits per heavy atom. The SMILES string of the molecule is CC(C)(C)CC(C)(C#N)CC(=O)c1cc(OCC(F)(F)F)c(Br)cn1. The number of Topliss-reactive ketones (excluding diaryl/α,β-unsaturated/α-hetero) is 1. The number of hydrogen-bond acceptors (Lipinski definition) is 4. The van der Waals surface area contributed by atoms with Gasteiger partial charge >= 0.3 is 6.18 Å². The summed E-state index contributed by atoms with van der Waals surface area (Å²) in [5.74, 6) is -0.539. The molecule has 0 saturated carbocycles. The van der Waals surface area contributed by atoms with E-state index in [1.165, 1.54) is 6.20 Å². The minimum Gasteiger partial charge on any atom is -0.483 e. The average Bonchev–Trinajstić information content (AvgIpc) is 2.43. The first kappa shape index (κ1) is 21.4. The Morgan fingerprint density at radius 2 is 1.92 bits per heavy atom. The number of pyridine rings is 1. The molecule has 0 amide bonds. The summed E-state index contributed by atoms with van der Waals surface area (Å²) in [4.78, 5) is 16.4. The predicted molar refractivity (Wildman–Crippen MR) is 90.2 cm³/mol. The van der Waals surface area contributed by atoms with Gasteiger partial charge < -0.3 is 4.74 Å². The van der Waals surface area contributed by atoms with Gasteiger partial charge in [-0.25, -0.2) is 0 Å². The molecule has 0 aliphatic heterocycles. The highest BCUT2D eigenvalue weighted by atomic mass is 79.9. The van der Waals surface area contributed by atoms with Gasteiger partial charge in [-0.1, -0.05) is 20.8 Å². The molecule has 1 heterocycles. The van der Waals surface area contributed by atoms with Crippen LogP contribution >= 0.6 is 15.9 Å². The first-order valence-electron chi connectivity index (χ1n) is 7.54. The van der Waals surface area contributed by atoms with Crippen molar-refractivity contribution in [2.75, 3.05) is 6.61 Å². The van der Waals surface area contributed by atoms with Gasteiger partial charge in [-0.3, -0.25) is 9.78 Å². The zero-order chi connectivity index (χ0) is 19.5. The Bertz CT molecular complexity index is 678. The molecule has 138 valence electrons. The van der Waals surface area contributed by atoms with E-state index in [-0.39, 0.29) is 27.8 Å². The molecule has 4 nitrogen and oxygen atoms in total. The van der Waals surface area contributed by atoms with Crippen molar-refractivity contribution in [3.63, 3.8) is 0 Å². The van der Waals surface area contributed by atoms with Gasteiger partial charge in [0.05, 0.1) is 16.0 Å². The molecular formula is C17H20BrF3N2O2. The number of nitrogens with zero attached hydrogens (tertiary/aromatic N) is 2. The Labute approximate surface area is 153 Å². The minimum absolute atomic E-state index is 0.0317. The largest absolute Gasteiger partial charge is 0.483 e. The maximum atomic E-state index is 12.5. The van der Waals surface area contributed by atoms with Gasteiger partial charge in [-0.15, -0.1) is 0 Å². The number of ketones is 1. The molecule has 0 radical (unpaired) electrons. The van der Waals surface area contributed by atoms with Crippen molar-refractivity contribution in [2.24, 2.45) is 10.8 Å². The van der Waals surface area contributed by atoms with Crippen LogP contribution in [0, 0.1) is 22.2 Å². The van der Waals surface area contributed by atoms with Crippen molar-refractivity contribution in [2.45, 2.75) is 46.7 Å². The van der Waals surface area contributed by atoms with Crippen LogP contribution in [-0.4, -0.2) is 23.6 Å². The van der Waals surface area contributed by atoms with Crippen molar-refractivity contribution >= 4 is 21.7 Å². The van der Waals surface area contributed by atoms with E-state index in [9.17, 15) is 23.2 Å². The zero-order valence-electron chi connectivity index (χ0n) is 14.5. The summed E-state index contributed by atoms with van der Waals surface area (Å²) >= 11 is 3.04.